The Morgan fingerprint density at radius 3 is 1.90 bits per heavy atom. The van der Waals surface area contributed by atoms with E-state index in [0.717, 1.165) is 62.6 Å². The van der Waals surface area contributed by atoms with Crippen molar-refractivity contribution in [2.45, 2.75) is 39.1 Å². The number of esters is 1. The van der Waals surface area contributed by atoms with Gasteiger partial charge in [-0.1, -0.05) is 78.9 Å². The topological polar surface area (TPSA) is 77.9 Å². The van der Waals surface area contributed by atoms with Crippen LogP contribution in [0.2, 0.25) is 0 Å². The van der Waals surface area contributed by atoms with Gasteiger partial charge in [0.1, 0.15) is 0 Å². The van der Waals surface area contributed by atoms with Gasteiger partial charge in [-0.05, 0) is 53.9 Å². The number of aliphatic hydroxyl groups is 1. The van der Waals surface area contributed by atoms with Gasteiger partial charge in [-0.2, -0.15) is 0 Å². The highest BCUT2D eigenvalue weighted by atomic mass is 16.5. The first kappa shape index (κ1) is 31.1. The molecule has 42 heavy (non-hydrogen) atoms. The maximum absolute atomic E-state index is 12.1. The SMILES string of the molecule is COC(=O)c1cccc(CN(CCNCCCO)Cc2cccc(CN(Cc3ccccc3)Cc3ccccc3)n2)c1. The molecule has 220 valence electrons. The molecule has 0 saturated carbocycles. The van der Waals surface area contributed by atoms with Crippen molar-refractivity contribution < 1.29 is 14.6 Å². The molecule has 0 spiro atoms. The monoisotopic (exact) mass is 566 g/mol. The molecular formula is C35H42N4O3. The van der Waals surface area contributed by atoms with Gasteiger partial charge in [-0.15, -0.1) is 0 Å². The van der Waals surface area contributed by atoms with E-state index >= 15 is 0 Å². The van der Waals surface area contributed by atoms with Gasteiger partial charge in [0.05, 0.1) is 24.1 Å². The molecule has 7 nitrogen and oxygen atoms in total. The number of hydrogen-bond donors (Lipinski definition) is 2. The van der Waals surface area contributed by atoms with E-state index in [-0.39, 0.29) is 12.6 Å². The first-order chi connectivity index (χ1) is 20.6. The average Bonchev–Trinajstić information content (AvgIpc) is 3.02. The summed E-state index contributed by atoms with van der Waals surface area (Å²) >= 11 is 0. The molecule has 1 heterocycles. The number of carbonyl (C=O) groups excluding carboxylic acids is 1. The lowest BCUT2D eigenvalue weighted by Crippen LogP contribution is -2.32. The van der Waals surface area contributed by atoms with Crippen molar-refractivity contribution >= 4 is 5.97 Å². The molecule has 0 aliphatic carbocycles. The van der Waals surface area contributed by atoms with E-state index in [1.165, 1.54) is 18.2 Å². The van der Waals surface area contributed by atoms with Crippen LogP contribution in [-0.4, -0.2) is 59.2 Å². The zero-order valence-electron chi connectivity index (χ0n) is 24.5. The Balaban J connectivity index is 1.48. The van der Waals surface area contributed by atoms with Crippen LogP contribution < -0.4 is 5.32 Å². The zero-order chi connectivity index (χ0) is 29.4. The molecule has 0 atom stereocenters. The summed E-state index contributed by atoms with van der Waals surface area (Å²) in [6.07, 6.45) is 0.729. The lowest BCUT2D eigenvalue weighted by Gasteiger charge is -2.24. The van der Waals surface area contributed by atoms with Crippen molar-refractivity contribution in [2.75, 3.05) is 33.4 Å². The van der Waals surface area contributed by atoms with Gasteiger partial charge < -0.3 is 15.2 Å². The van der Waals surface area contributed by atoms with Crippen molar-refractivity contribution in [3.63, 3.8) is 0 Å². The molecule has 0 aliphatic heterocycles. The molecular weight excluding hydrogens is 524 g/mol. The summed E-state index contributed by atoms with van der Waals surface area (Å²) in [6, 6.07) is 35.0. The quantitative estimate of drug-likeness (QED) is 0.137. The van der Waals surface area contributed by atoms with Crippen LogP contribution in [0.1, 0.15) is 44.9 Å². The van der Waals surface area contributed by atoms with Crippen molar-refractivity contribution in [1.29, 1.82) is 0 Å². The van der Waals surface area contributed by atoms with E-state index in [1.807, 2.05) is 18.2 Å². The third-order valence-electron chi connectivity index (χ3n) is 7.00. The molecule has 3 aromatic carbocycles. The van der Waals surface area contributed by atoms with Crippen LogP contribution in [-0.2, 0) is 37.5 Å². The fourth-order valence-electron chi connectivity index (χ4n) is 4.97. The predicted octanol–water partition coefficient (Wildman–Crippen LogP) is 5.04. The number of carbonyl (C=O) groups is 1. The first-order valence-corrected chi connectivity index (χ1v) is 14.6. The van der Waals surface area contributed by atoms with E-state index < -0.39 is 0 Å². The van der Waals surface area contributed by atoms with Crippen LogP contribution in [0.25, 0.3) is 0 Å². The maximum Gasteiger partial charge on any atom is 0.337 e. The number of methoxy groups -OCH3 is 1. The molecule has 4 rings (SSSR count). The van der Waals surface area contributed by atoms with Crippen molar-refractivity contribution in [3.05, 3.63) is 137 Å². The lowest BCUT2D eigenvalue weighted by atomic mass is 10.1. The number of rotatable bonds is 17. The number of benzene rings is 3. The Bertz CT molecular complexity index is 1310. The van der Waals surface area contributed by atoms with Crippen LogP contribution in [0.15, 0.2) is 103 Å². The number of hydrogen-bond acceptors (Lipinski definition) is 7. The summed E-state index contributed by atoms with van der Waals surface area (Å²) in [4.78, 5) is 21.9. The summed E-state index contributed by atoms with van der Waals surface area (Å²) in [5.74, 6) is -0.334. The second-order valence-corrected chi connectivity index (χ2v) is 10.5. The molecule has 0 aliphatic rings. The Morgan fingerprint density at radius 2 is 1.29 bits per heavy atom. The van der Waals surface area contributed by atoms with E-state index in [9.17, 15) is 4.79 Å². The summed E-state index contributed by atoms with van der Waals surface area (Å²) < 4.78 is 4.92. The van der Waals surface area contributed by atoms with Gasteiger partial charge in [0.2, 0.25) is 0 Å². The average molecular weight is 567 g/mol. The van der Waals surface area contributed by atoms with Crippen molar-refractivity contribution in [2.24, 2.45) is 0 Å². The van der Waals surface area contributed by atoms with E-state index in [2.05, 4.69) is 94.0 Å². The third kappa shape index (κ3) is 10.5. The Labute approximate surface area is 249 Å². The van der Waals surface area contributed by atoms with Gasteiger partial charge in [0, 0.05) is 52.4 Å². The molecule has 4 aromatic rings. The van der Waals surface area contributed by atoms with Crippen molar-refractivity contribution in [1.82, 2.24) is 20.1 Å². The molecule has 2 N–H and O–H groups in total. The fourth-order valence-corrected chi connectivity index (χ4v) is 4.97. The van der Waals surface area contributed by atoms with E-state index in [0.29, 0.717) is 18.7 Å². The van der Waals surface area contributed by atoms with Gasteiger partial charge in [-0.3, -0.25) is 14.8 Å². The largest absolute Gasteiger partial charge is 0.465 e. The molecule has 1 aromatic heterocycles. The molecule has 0 amide bonds. The van der Waals surface area contributed by atoms with Gasteiger partial charge in [-0.25, -0.2) is 4.79 Å². The highest BCUT2D eigenvalue weighted by Gasteiger charge is 2.13. The van der Waals surface area contributed by atoms with Crippen LogP contribution in [0.5, 0.6) is 0 Å². The van der Waals surface area contributed by atoms with Gasteiger partial charge in [0.15, 0.2) is 0 Å². The van der Waals surface area contributed by atoms with E-state index in [4.69, 9.17) is 14.8 Å². The Hall–Kier alpha value is -3.88. The summed E-state index contributed by atoms with van der Waals surface area (Å²) in [7, 11) is 1.40. The van der Waals surface area contributed by atoms with Crippen LogP contribution in [0.4, 0.5) is 0 Å². The maximum atomic E-state index is 12.1. The number of nitrogens with zero attached hydrogens (tertiary/aromatic N) is 3. The highest BCUT2D eigenvalue weighted by molar-refractivity contribution is 5.89. The standard InChI is InChI=1S/C35H42N4O3/c1-42-35(41)32-16-8-15-31(23-32)26-38(21-20-36-19-10-22-40)27-33-17-9-18-34(37-33)28-39(24-29-11-4-2-5-12-29)25-30-13-6-3-7-14-30/h2-9,11-18,23,36,40H,10,19-22,24-28H2,1H3. The number of aliphatic hydroxyl groups excluding tert-OH is 1. The molecule has 0 saturated heterocycles. The molecule has 0 bridgehead atoms. The summed E-state index contributed by atoms with van der Waals surface area (Å²) in [5.41, 5.74) is 6.19. The minimum absolute atomic E-state index is 0.180. The minimum Gasteiger partial charge on any atom is -0.465 e. The third-order valence-corrected chi connectivity index (χ3v) is 7.00. The van der Waals surface area contributed by atoms with Crippen LogP contribution in [0, 0.1) is 0 Å². The van der Waals surface area contributed by atoms with Crippen LogP contribution >= 0.6 is 0 Å². The molecule has 7 heteroatoms. The molecule has 0 radical (unpaired) electrons. The number of ether oxygens (including phenoxy) is 1. The Morgan fingerprint density at radius 1 is 0.714 bits per heavy atom. The van der Waals surface area contributed by atoms with E-state index in [1.54, 1.807) is 6.07 Å². The predicted molar refractivity (Wildman–Crippen MR) is 167 cm³/mol. The smallest absolute Gasteiger partial charge is 0.337 e. The normalized spacial score (nSPS) is 11.2. The summed E-state index contributed by atoms with van der Waals surface area (Å²) in [6.45, 7) is 6.30. The zero-order valence-corrected chi connectivity index (χ0v) is 24.5. The lowest BCUT2D eigenvalue weighted by molar-refractivity contribution is 0.0600. The highest BCUT2D eigenvalue weighted by Crippen LogP contribution is 2.16. The minimum atomic E-state index is -0.334. The Kier molecular flexibility index (Phi) is 12.7. The van der Waals surface area contributed by atoms with Crippen LogP contribution in [0.3, 0.4) is 0 Å². The second kappa shape index (κ2) is 17.2. The molecule has 0 fully saturated rings. The fraction of sp³-hybridized carbons (Fsp3) is 0.314. The number of aromatic nitrogens is 1. The molecule has 0 unspecified atom stereocenters. The number of nitrogens with one attached hydrogen (secondary N) is 1. The van der Waals surface area contributed by atoms with Gasteiger partial charge >= 0.3 is 5.97 Å². The second-order valence-electron chi connectivity index (χ2n) is 10.5. The number of pyridine rings is 1. The summed E-state index contributed by atoms with van der Waals surface area (Å²) in [5, 5.41) is 12.5. The van der Waals surface area contributed by atoms with Gasteiger partial charge in [0.25, 0.3) is 0 Å². The van der Waals surface area contributed by atoms with Crippen molar-refractivity contribution in [3.8, 4) is 0 Å². The first-order valence-electron chi connectivity index (χ1n) is 14.6.